The van der Waals surface area contributed by atoms with Crippen molar-refractivity contribution in [3.8, 4) is 11.1 Å². The molecule has 1 saturated heterocycles. The summed E-state index contributed by atoms with van der Waals surface area (Å²) < 4.78 is 0.467. The van der Waals surface area contributed by atoms with Crippen molar-refractivity contribution in [3.05, 3.63) is 61.9 Å². The average molecular weight is 370 g/mol. The third-order valence-corrected chi connectivity index (χ3v) is 5.68. The number of fused-ring (bicyclic) bond motifs is 1. The minimum absolute atomic E-state index is 0.00415. The molecule has 0 spiro atoms. The van der Waals surface area contributed by atoms with Crippen LogP contribution in [0.15, 0.2) is 51.6 Å². The van der Waals surface area contributed by atoms with E-state index < -0.39 is 0 Å². The van der Waals surface area contributed by atoms with Crippen molar-refractivity contribution in [2.75, 3.05) is 0 Å². The summed E-state index contributed by atoms with van der Waals surface area (Å²) in [6.45, 7) is 0. The highest BCUT2D eigenvalue weighted by Crippen LogP contribution is 2.30. The number of carbonyl (C=O) groups excluding carboxylic acids is 1. The Balaban J connectivity index is 1.75. The Kier molecular flexibility index (Phi) is 3.84. The molecule has 24 heavy (non-hydrogen) atoms. The van der Waals surface area contributed by atoms with Crippen molar-refractivity contribution in [2.24, 2.45) is 0 Å². The number of thiophene rings is 1. The van der Waals surface area contributed by atoms with Crippen LogP contribution in [0.1, 0.15) is 4.88 Å². The van der Waals surface area contributed by atoms with Gasteiger partial charge in [0.05, 0.1) is 4.91 Å². The van der Waals surface area contributed by atoms with Gasteiger partial charge in [-0.15, -0.1) is 11.3 Å². The van der Waals surface area contributed by atoms with Gasteiger partial charge in [-0.25, -0.2) is 0 Å². The zero-order valence-corrected chi connectivity index (χ0v) is 14.6. The molecule has 4 rings (SSSR count). The molecule has 1 amide bonds. The number of benzene rings is 1. The summed E-state index contributed by atoms with van der Waals surface area (Å²) in [7, 11) is 0. The fourth-order valence-corrected chi connectivity index (χ4v) is 4.45. The number of thioether (sulfide) groups is 1. The third kappa shape index (κ3) is 2.71. The molecule has 118 valence electrons. The first kappa shape index (κ1) is 15.3. The molecule has 0 unspecified atom stereocenters. The molecule has 1 aliphatic rings. The van der Waals surface area contributed by atoms with Gasteiger partial charge in [-0.3, -0.25) is 9.59 Å². The van der Waals surface area contributed by atoms with Gasteiger partial charge < -0.3 is 10.3 Å². The second-order valence-electron chi connectivity index (χ2n) is 5.17. The van der Waals surface area contributed by atoms with Gasteiger partial charge in [-0.2, -0.15) is 0 Å². The van der Waals surface area contributed by atoms with E-state index in [0.29, 0.717) is 20.2 Å². The normalized spacial score (nSPS) is 16.1. The van der Waals surface area contributed by atoms with Crippen LogP contribution in [-0.2, 0) is 4.79 Å². The number of carbonyl (C=O) groups is 1. The van der Waals surface area contributed by atoms with E-state index in [1.165, 1.54) is 23.1 Å². The monoisotopic (exact) mass is 370 g/mol. The van der Waals surface area contributed by atoms with Crippen molar-refractivity contribution in [2.45, 2.75) is 0 Å². The Morgan fingerprint density at radius 1 is 1.17 bits per heavy atom. The molecule has 0 aliphatic carbocycles. The van der Waals surface area contributed by atoms with Crippen molar-refractivity contribution < 1.29 is 4.79 Å². The van der Waals surface area contributed by atoms with Crippen LogP contribution >= 0.6 is 35.3 Å². The first-order valence-corrected chi connectivity index (χ1v) is 9.16. The predicted octanol–water partition coefficient (Wildman–Crippen LogP) is 3.75. The van der Waals surface area contributed by atoms with Crippen LogP contribution in [0.5, 0.6) is 0 Å². The summed E-state index contributed by atoms with van der Waals surface area (Å²) in [5, 5.41) is 5.17. The van der Waals surface area contributed by atoms with E-state index in [2.05, 4.69) is 10.3 Å². The smallest absolute Gasteiger partial charge is 0.263 e. The molecule has 7 heteroatoms. The quantitative estimate of drug-likeness (QED) is 0.533. The van der Waals surface area contributed by atoms with Crippen LogP contribution in [-0.4, -0.2) is 15.2 Å². The standard InChI is InChI=1S/C17H10N2O2S3/c20-15-11-3-1-2-4-13(11)18-7-12(15)9-5-10(23-8-9)6-14-16(21)19-17(22)24-14/h1-8H,(H,18,20)(H,19,21,22)/b14-6-. The molecule has 0 radical (unpaired) electrons. The summed E-state index contributed by atoms with van der Waals surface area (Å²) in [5.41, 5.74) is 2.27. The summed E-state index contributed by atoms with van der Waals surface area (Å²) in [5.74, 6) is -0.177. The molecule has 0 bridgehead atoms. The molecule has 4 nitrogen and oxygen atoms in total. The number of rotatable bonds is 2. The maximum Gasteiger partial charge on any atom is 0.263 e. The molecule has 0 saturated carbocycles. The number of hydrogen-bond donors (Lipinski definition) is 2. The fourth-order valence-electron chi connectivity index (χ4n) is 2.50. The highest BCUT2D eigenvalue weighted by atomic mass is 32.2. The molecule has 1 fully saturated rings. The van der Waals surface area contributed by atoms with Crippen LogP contribution in [0.25, 0.3) is 28.1 Å². The largest absolute Gasteiger partial charge is 0.360 e. The zero-order chi connectivity index (χ0) is 16.7. The van der Waals surface area contributed by atoms with E-state index in [9.17, 15) is 9.59 Å². The van der Waals surface area contributed by atoms with Crippen molar-refractivity contribution >= 4 is 62.5 Å². The number of nitrogens with one attached hydrogen (secondary N) is 2. The van der Waals surface area contributed by atoms with Crippen LogP contribution in [0.3, 0.4) is 0 Å². The zero-order valence-electron chi connectivity index (χ0n) is 12.2. The first-order chi connectivity index (χ1) is 11.6. The number of hydrogen-bond acceptors (Lipinski definition) is 5. The van der Waals surface area contributed by atoms with Gasteiger partial charge in [0.15, 0.2) is 5.43 Å². The van der Waals surface area contributed by atoms with E-state index in [-0.39, 0.29) is 11.3 Å². The molecule has 1 aromatic carbocycles. The van der Waals surface area contributed by atoms with Crippen LogP contribution < -0.4 is 10.7 Å². The lowest BCUT2D eigenvalue weighted by Gasteiger charge is -2.01. The number of pyridine rings is 1. The molecule has 3 heterocycles. The molecule has 2 N–H and O–H groups in total. The van der Waals surface area contributed by atoms with E-state index >= 15 is 0 Å². The second kappa shape index (κ2) is 6.01. The Hall–Kier alpha value is -2.22. The van der Waals surface area contributed by atoms with E-state index in [1.807, 2.05) is 35.7 Å². The number of aromatic amines is 1. The maximum atomic E-state index is 12.7. The summed E-state index contributed by atoms with van der Waals surface area (Å²) in [6.07, 6.45) is 3.53. The lowest BCUT2D eigenvalue weighted by Crippen LogP contribution is -2.17. The van der Waals surface area contributed by atoms with Crippen LogP contribution in [0.2, 0.25) is 0 Å². The summed E-state index contributed by atoms with van der Waals surface area (Å²) >= 11 is 7.71. The SMILES string of the molecule is O=C1NC(=S)S/C1=C\c1cc(-c2c[nH]c3ccccc3c2=O)cs1. The Labute approximate surface area is 150 Å². The van der Waals surface area contributed by atoms with Gasteiger partial charge in [0, 0.05) is 27.5 Å². The highest BCUT2D eigenvalue weighted by Gasteiger charge is 2.22. The number of H-pyrrole nitrogens is 1. The predicted molar refractivity (Wildman–Crippen MR) is 104 cm³/mol. The van der Waals surface area contributed by atoms with Crippen LogP contribution in [0.4, 0.5) is 0 Å². The van der Waals surface area contributed by atoms with Crippen molar-refractivity contribution in [1.82, 2.24) is 10.3 Å². The lowest BCUT2D eigenvalue weighted by molar-refractivity contribution is -0.115. The molecule has 0 atom stereocenters. The van der Waals surface area contributed by atoms with Crippen molar-refractivity contribution in [3.63, 3.8) is 0 Å². The van der Waals surface area contributed by atoms with Gasteiger partial charge in [0.1, 0.15) is 4.32 Å². The topological polar surface area (TPSA) is 62.0 Å². The van der Waals surface area contributed by atoms with E-state index in [0.717, 1.165) is 16.0 Å². The number of amides is 1. The third-order valence-electron chi connectivity index (χ3n) is 3.63. The van der Waals surface area contributed by atoms with E-state index in [1.54, 1.807) is 12.3 Å². The number of para-hydroxylation sites is 1. The Morgan fingerprint density at radius 3 is 2.79 bits per heavy atom. The highest BCUT2D eigenvalue weighted by molar-refractivity contribution is 8.26. The minimum atomic E-state index is -0.177. The molecule has 1 aliphatic heterocycles. The van der Waals surface area contributed by atoms with Crippen LogP contribution in [0, 0.1) is 0 Å². The van der Waals surface area contributed by atoms with E-state index in [4.69, 9.17) is 12.2 Å². The van der Waals surface area contributed by atoms with Gasteiger partial charge in [0.25, 0.3) is 5.91 Å². The van der Waals surface area contributed by atoms with Gasteiger partial charge in [-0.1, -0.05) is 36.1 Å². The van der Waals surface area contributed by atoms with Gasteiger partial charge in [0.2, 0.25) is 0 Å². The molecule has 2 aromatic heterocycles. The van der Waals surface area contributed by atoms with Gasteiger partial charge in [-0.05, 0) is 35.2 Å². The summed E-state index contributed by atoms with van der Waals surface area (Å²) in [6, 6.07) is 9.34. The fraction of sp³-hybridized carbons (Fsp3) is 0. The first-order valence-electron chi connectivity index (χ1n) is 7.06. The molecular formula is C17H10N2O2S3. The Morgan fingerprint density at radius 2 is 2.00 bits per heavy atom. The maximum absolute atomic E-state index is 12.7. The van der Waals surface area contributed by atoms with Crippen molar-refractivity contribution in [1.29, 1.82) is 0 Å². The molecule has 3 aromatic rings. The second-order valence-corrected chi connectivity index (χ2v) is 7.83. The minimum Gasteiger partial charge on any atom is -0.360 e. The molecular weight excluding hydrogens is 360 g/mol. The summed E-state index contributed by atoms with van der Waals surface area (Å²) in [4.78, 5) is 29.0. The van der Waals surface area contributed by atoms with Gasteiger partial charge >= 0.3 is 0 Å². The average Bonchev–Trinajstić information content (AvgIpc) is 3.15. The number of aromatic nitrogens is 1. The number of thiocarbonyl (C=S) groups is 1. The lowest BCUT2D eigenvalue weighted by atomic mass is 10.1. The Bertz CT molecular complexity index is 1080.